The molecule has 5 nitrogen and oxygen atoms in total. The summed E-state index contributed by atoms with van der Waals surface area (Å²) in [6, 6.07) is 9.91. The van der Waals surface area contributed by atoms with Gasteiger partial charge in [-0.05, 0) is 18.0 Å². The zero-order valence-electron chi connectivity index (χ0n) is 10.5. The summed E-state index contributed by atoms with van der Waals surface area (Å²) in [5.41, 5.74) is 1.99. The van der Waals surface area contributed by atoms with Gasteiger partial charge in [0, 0.05) is 5.56 Å². The molecule has 0 amide bonds. The van der Waals surface area contributed by atoms with E-state index in [0.717, 1.165) is 34.8 Å². The first kappa shape index (κ1) is 12.0. The van der Waals surface area contributed by atoms with Crippen LogP contribution in [0.5, 0.6) is 0 Å². The molecule has 0 radical (unpaired) electrons. The third kappa shape index (κ3) is 2.39. The second-order valence-corrected chi connectivity index (χ2v) is 4.93. The molecule has 3 rings (SSSR count). The van der Waals surface area contributed by atoms with E-state index in [1.54, 1.807) is 0 Å². The van der Waals surface area contributed by atoms with Crippen molar-refractivity contribution in [1.82, 2.24) is 24.8 Å². The summed E-state index contributed by atoms with van der Waals surface area (Å²) < 4.78 is 4.00. The summed E-state index contributed by atoms with van der Waals surface area (Å²) in [7, 11) is 0. The van der Waals surface area contributed by atoms with E-state index in [0.29, 0.717) is 5.82 Å². The normalized spacial score (nSPS) is 10.8. The van der Waals surface area contributed by atoms with Gasteiger partial charge in [-0.25, -0.2) is 4.98 Å². The molecule has 0 aliphatic heterocycles. The maximum Gasteiger partial charge on any atom is 0.181 e. The monoisotopic (exact) mass is 271 g/mol. The summed E-state index contributed by atoms with van der Waals surface area (Å²) in [6.07, 6.45) is 1.95. The highest BCUT2D eigenvalue weighted by Gasteiger charge is 2.14. The molecule has 0 fully saturated rings. The Hall–Kier alpha value is -2.08. The van der Waals surface area contributed by atoms with Crippen LogP contribution in [0.15, 0.2) is 30.3 Å². The number of benzene rings is 1. The Morgan fingerprint density at radius 1 is 1.21 bits per heavy atom. The van der Waals surface area contributed by atoms with Crippen LogP contribution in [0.2, 0.25) is 0 Å². The van der Waals surface area contributed by atoms with E-state index in [2.05, 4.69) is 31.7 Å². The van der Waals surface area contributed by atoms with Crippen molar-refractivity contribution in [3.63, 3.8) is 0 Å². The smallest absolute Gasteiger partial charge is 0.181 e. The van der Waals surface area contributed by atoms with Crippen molar-refractivity contribution in [2.45, 2.75) is 19.8 Å². The first-order valence-corrected chi connectivity index (χ1v) is 6.95. The molecule has 0 saturated carbocycles. The number of aromatic amines is 1. The van der Waals surface area contributed by atoms with Crippen LogP contribution >= 0.6 is 11.5 Å². The molecule has 0 spiro atoms. The van der Waals surface area contributed by atoms with Crippen LogP contribution in [-0.4, -0.2) is 24.8 Å². The summed E-state index contributed by atoms with van der Waals surface area (Å²) in [5, 5.41) is 11.4. The lowest BCUT2D eigenvalue weighted by atomic mass is 10.2. The van der Waals surface area contributed by atoms with Gasteiger partial charge in [0.15, 0.2) is 11.6 Å². The molecule has 6 heteroatoms. The predicted octanol–water partition coefficient (Wildman–Crippen LogP) is 2.94. The molecule has 0 atom stereocenters. The molecule has 96 valence electrons. The van der Waals surface area contributed by atoms with Crippen LogP contribution in [0.1, 0.15) is 19.0 Å². The SMILES string of the molecule is CCCc1nnsc1-c1nc(-c2ccccc2)n[nH]1. The highest BCUT2D eigenvalue weighted by Crippen LogP contribution is 2.25. The molecular weight excluding hydrogens is 258 g/mol. The van der Waals surface area contributed by atoms with E-state index in [9.17, 15) is 0 Å². The summed E-state index contributed by atoms with van der Waals surface area (Å²) in [6.45, 7) is 2.12. The standard InChI is InChI=1S/C13H13N5S/c1-2-6-10-11(19-18-15-10)13-14-12(16-17-13)9-7-4-3-5-8-9/h3-5,7-8H,2,6H2,1H3,(H,14,16,17). The molecule has 0 aliphatic rings. The molecular formula is C13H13N5S. The van der Waals surface area contributed by atoms with Crippen LogP contribution in [0.4, 0.5) is 0 Å². The van der Waals surface area contributed by atoms with Crippen LogP contribution in [-0.2, 0) is 6.42 Å². The molecule has 1 aromatic carbocycles. The fourth-order valence-corrected chi connectivity index (χ4v) is 2.52. The van der Waals surface area contributed by atoms with E-state index in [1.165, 1.54) is 11.5 Å². The average molecular weight is 271 g/mol. The van der Waals surface area contributed by atoms with Crippen molar-refractivity contribution in [3.8, 4) is 22.1 Å². The van der Waals surface area contributed by atoms with Gasteiger partial charge in [-0.1, -0.05) is 48.2 Å². The average Bonchev–Trinajstić information content (AvgIpc) is 3.08. The van der Waals surface area contributed by atoms with Gasteiger partial charge < -0.3 is 0 Å². The highest BCUT2D eigenvalue weighted by atomic mass is 32.1. The fourth-order valence-electron chi connectivity index (χ4n) is 1.87. The van der Waals surface area contributed by atoms with Crippen LogP contribution in [0.3, 0.4) is 0 Å². The van der Waals surface area contributed by atoms with Gasteiger partial charge in [0.1, 0.15) is 4.88 Å². The number of aromatic nitrogens is 5. The summed E-state index contributed by atoms with van der Waals surface area (Å²) in [5.74, 6) is 1.45. The van der Waals surface area contributed by atoms with Crippen LogP contribution in [0.25, 0.3) is 22.1 Å². The molecule has 0 bridgehead atoms. The minimum atomic E-state index is 0.700. The Labute approximate surface area is 114 Å². The first-order chi connectivity index (χ1) is 9.38. The summed E-state index contributed by atoms with van der Waals surface area (Å²) >= 11 is 1.36. The van der Waals surface area contributed by atoms with E-state index < -0.39 is 0 Å². The van der Waals surface area contributed by atoms with Gasteiger partial charge in [-0.3, -0.25) is 5.10 Å². The quantitative estimate of drug-likeness (QED) is 0.792. The van der Waals surface area contributed by atoms with Gasteiger partial charge in [-0.15, -0.1) is 5.10 Å². The maximum atomic E-state index is 4.53. The largest absolute Gasteiger partial charge is 0.258 e. The molecule has 0 aliphatic carbocycles. The number of H-pyrrole nitrogens is 1. The summed E-state index contributed by atoms with van der Waals surface area (Å²) in [4.78, 5) is 5.51. The minimum absolute atomic E-state index is 0.700. The van der Waals surface area contributed by atoms with E-state index in [-0.39, 0.29) is 0 Å². The molecule has 0 saturated heterocycles. The third-order valence-corrected chi connectivity index (χ3v) is 3.55. The number of nitrogens with zero attached hydrogens (tertiary/aromatic N) is 4. The number of hydrogen-bond donors (Lipinski definition) is 1. The topological polar surface area (TPSA) is 67.3 Å². The van der Waals surface area contributed by atoms with Crippen molar-refractivity contribution >= 4 is 11.5 Å². The zero-order chi connectivity index (χ0) is 13.1. The molecule has 19 heavy (non-hydrogen) atoms. The highest BCUT2D eigenvalue weighted by molar-refractivity contribution is 7.09. The van der Waals surface area contributed by atoms with Crippen molar-refractivity contribution in [2.24, 2.45) is 0 Å². The lowest BCUT2D eigenvalue weighted by Crippen LogP contribution is -1.88. The lowest BCUT2D eigenvalue weighted by molar-refractivity contribution is 0.870. The van der Waals surface area contributed by atoms with Crippen molar-refractivity contribution in [1.29, 1.82) is 0 Å². The Morgan fingerprint density at radius 2 is 2.05 bits per heavy atom. The number of hydrogen-bond acceptors (Lipinski definition) is 5. The van der Waals surface area contributed by atoms with Crippen LogP contribution < -0.4 is 0 Å². The van der Waals surface area contributed by atoms with E-state index in [1.807, 2.05) is 30.3 Å². The number of rotatable bonds is 4. The zero-order valence-corrected chi connectivity index (χ0v) is 11.3. The van der Waals surface area contributed by atoms with Gasteiger partial charge >= 0.3 is 0 Å². The van der Waals surface area contributed by atoms with Crippen molar-refractivity contribution < 1.29 is 0 Å². The number of nitrogens with one attached hydrogen (secondary N) is 1. The van der Waals surface area contributed by atoms with Crippen LogP contribution in [0, 0.1) is 0 Å². The molecule has 3 aromatic rings. The number of aryl methyl sites for hydroxylation is 1. The molecule has 2 aromatic heterocycles. The van der Waals surface area contributed by atoms with Crippen molar-refractivity contribution in [3.05, 3.63) is 36.0 Å². The Balaban J connectivity index is 1.95. The van der Waals surface area contributed by atoms with Gasteiger partial charge in [0.25, 0.3) is 0 Å². The predicted molar refractivity (Wildman–Crippen MR) is 74.7 cm³/mol. The van der Waals surface area contributed by atoms with E-state index >= 15 is 0 Å². The Morgan fingerprint density at radius 3 is 2.84 bits per heavy atom. The lowest BCUT2D eigenvalue weighted by Gasteiger charge is -1.94. The molecule has 1 N–H and O–H groups in total. The van der Waals surface area contributed by atoms with E-state index in [4.69, 9.17) is 0 Å². The first-order valence-electron chi connectivity index (χ1n) is 6.18. The third-order valence-electron chi connectivity index (χ3n) is 2.78. The Bertz CT molecular complexity index is 658. The Kier molecular flexibility index (Phi) is 3.33. The minimum Gasteiger partial charge on any atom is -0.258 e. The molecule has 2 heterocycles. The molecule has 0 unspecified atom stereocenters. The van der Waals surface area contributed by atoms with Crippen molar-refractivity contribution in [2.75, 3.05) is 0 Å². The van der Waals surface area contributed by atoms with Gasteiger partial charge in [0.2, 0.25) is 0 Å². The fraction of sp³-hybridized carbons (Fsp3) is 0.231. The second kappa shape index (κ2) is 5.27. The second-order valence-electron chi connectivity index (χ2n) is 4.17. The maximum absolute atomic E-state index is 4.53. The van der Waals surface area contributed by atoms with Gasteiger partial charge in [0.05, 0.1) is 5.69 Å². The van der Waals surface area contributed by atoms with Gasteiger partial charge in [-0.2, -0.15) is 5.10 Å².